The van der Waals surface area contributed by atoms with Crippen molar-refractivity contribution in [2.75, 3.05) is 5.32 Å². The number of rotatable bonds is 3. The lowest BCUT2D eigenvalue weighted by atomic mass is 9.93. The molecule has 0 aromatic carbocycles. The first-order valence-corrected chi connectivity index (χ1v) is 8.91. The summed E-state index contributed by atoms with van der Waals surface area (Å²) < 4.78 is 0. The van der Waals surface area contributed by atoms with E-state index in [9.17, 15) is 4.79 Å². The fourth-order valence-corrected chi connectivity index (χ4v) is 3.78. The Hall–Kier alpha value is -2.05. The van der Waals surface area contributed by atoms with Crippen LogP contribution >= 0.6 is 22.7 Å². The molecule has 0 aliphatic heterocycles. The number of thiophene rings is 1. The van der Waals surface area contributed by atoms with Gasteiger partial charge >= 0.3 is 0 Å². The number of hydrogen-bond donors (Lipinski definition) is 1. The van der Waals surface area contributed by atoms with E-state index in [0.29, 0.717) is 10.0 Å². The van der Waals surface area contributed by atoms with Crippen LogP contribution in [0.2, 0.25) is 0 Å². The molecule has 1 amide bonds. The van der Waals surface area contributed by atoms with Crippen LogP contribution in [0.5, 0.6) is 0 Å². The summed E-state index contributed by atoms with van der Waals surface area (Å²) in [7, 11) is 0. The molecule has 0 bridgehead atoms. The highest BCUT2D eigenvalue weighted by molar-refractivity contribution is 7.17. The summed E-state index contributed by atoms with van der Waals surface area (Å²) >= 11 is 2.90. The SMILES string of the molecule is CC(C)(C)c1csc(NC(=O)c2ccc(-c3cccnc3)s2)n1. The van der Waals surface area contributed by atoms with Crippen molar-refractivity contribution in [1.82, 2.24) is 9.97 Å². The number of pyridine rings is 1. The van der Waals surface area contributed by atoms with Gasteiger partial charge in [0, 0.05) is 33.6 Å². The standard InChI is InChI=1S/C17H17N3OS2/c1-17(2,3)14-10-22-16(19-14)20-15(21)13-7-6-12(23-13)11-5-4-8-18-9-11/h4-10H,1-3H3,(H,19,20,21). The first kappa shape index (κ1) is 15.8. The molecule has 0 fully saturated rings. The molecule has 0 saturated heterocycles. The highest BCUT2D eigenvalue weighted by Crippen LogP contribution is 2.29. The van der Waals surface area contributed by atoms with Gasteiger partial charge in [-0.05, 0) is 18.2 Å². The summed E-state index contributed by atoms with van der Waals surface area (Å²) in [6.45, 7) is 6.31. The van der Waals surface area contributed by atoms with Crippen LogP contribution in [0.3, 0.4) is 0 Å². The molecule has 0 atom stereocenters. The fraction of sp³-hybridized carbons (Fsp3) is 0.235. The molecule has 1 N–H and O–H groups in total. The first-order chi connectivity index (χ1) is 10.9. The molecule has 4 nitrogen and oxygen atoms in total. The maximum absolute atomic E-state index is 12.4. The molecule has 3 rings (SSSR count). The number of carbonyl (C=O) groups excluding carboxylic acids is 1. The summed E-state index contributed by atoms with van der Waals surface area (Å²) in [5.41, 5.74) is 1.98. The second-order valence-corrected chi connectivity index (χ2v) is 8.09. The van der Waals surface area contributed by atoms with Crippen LogP contribution in [-0.2, 0) is 5.41 Å². The van der Waals surface area contributed by atoms with Gasteiger partial charge in [0.2, 0.25) is 0 Å². The molecule has 6 heteroatoms. The van der Waals surface area contributed by atoms with E-state index in [0.717, 1.165) is 16.1 Å². The van der Waals surface area contributed by atoms with Gasteiger partial charge in [-0.2, -0.15) is 0 Å². The van der Waals surface area contributed by atoms with E-state index >= 15 is 0 Å². The van der Waals surface area contributed by atoms with Gasteiger partial charge in [-0.3, -0.25) is 15.1 Å². The Kier molecular flexibility index (Phi) is 4.28. The minimum atomic E-state index is -0.125. The molecule has 3 heterocycles. The van der Waals surface area contributed by atoms with Crippen LogP contribution in [0.15, 0.2) is 42.0 Å². The third-order valence-corrected chi connectivity index (χ3v) is 5.16. The quantitative estimate of drug-likeness (QED) is 0.742. The number of amides is 1. The molecule has 3 aromatic rings. The van der Waals surface area contributed by atoms with Crippen molar-refractivity contribution in [3.8, 4) is 10.4 Å². The van der Waals surface area contributed by atoms with Gasteiger partial charge in [-0.25, -0.2) is 4.98 Å². The van der Waals surface area contributed by atoms with Crippen LogP contribution in [0.1, 0.15) is 36.1 Å². The topological polar surface area (TPSA) is 54.9 Å². The monoisotopic (exact) mass is 343 g/mol. The zero-order valence-corrected chi connectivity index (χ0v) is 14.8. The minimum Gasteiger partial charge on any atom is -0.297 e. The van der Waals surface area contributed by atoms with Crippen LogP contribution in [0.4, 0.5) is 5.13 Å². The Balaban J connectivity index is 1.74. The summed E-state index contributed by atoms with van der Waals surface area (Å²) in [6, 6.07) is 7.65. The van der Waals surface area contributed by atoms with Crippen molar-refractivity contribution in [3.05, 3.63) is 52.6 Å². The van der Waals surface area contributed by atoms with Crippen molar-refractivity contribution in [2.45, 2.75) is 26.2 Å². The molecular formula is C17H17N3OS2. The summed E-state index contributed by atoms with van der Waals surface area (Å²) in [5.74, 6) is -0.125. The number of nitrogens with one attached hydrogen (secondary N) is 1. The van der Waals surface area contributed by atoms with Crippen molar-refractivity contribution in [1.29, 1.82) is 0 Å². The number of nitrogens with zero attached hydrogens (tertiary/aromatic N) is 2. The number of carbonyl (C=O) groups is 1. The maximum Gasteiger partial charge on any atom is 0.267 e. The maximum atomic E-state index is 12.4. The van der Waals surface area contributed by atoms with E-state index in [1.54, 1.807) is 12.4 Å². The molecule has 0 spiro atoms. The van der Waals surface area contributed by atoms with Gasteiger partial charge in [-0.15, -0.1) is 22.7 Å². The normalized spacial score (nSPS) is 11.4. The molecule has 23 heavy (non-hydrogen) atoms. The van der Waals surface area contributed by atoms with Crippen molar-refractivity contribution in [3.63, 3.8) is 0 Å². The van der Waals surface area contributed by atoms with E-state index in [-0.39, 0.29) is 11.3 Å². The van der Waals surface area contributed by atoms with Gasteiger partial charge in [0.05, 0.1) is 10.6 Å². The highest BCUT2D eigenvalue weighted by atomic mass is 32.1. The van der Waals surface area contributed by atoms with E-state index in [1.165, 1.54) is 22.7 Å². The Labute approximate surface area is 143 Å². The third kappa shape index (κ3) is 3.65. The fourth-order valence-electron chi connectivity index (χ4n) is 1.96. The largest absolute Gasteiger partial charge is 0.297 e. The Morgan fingerprint density at radius 1 is 1.22 bits per heavy atom. The molecule has 0 radical (unpaired) electrons. The van der Waals surface area contributed by atoms with Crippen LogP contribution in [0.25, 0.3) is 10.4 Å². The second-order valence-electron chi connectivity index (χ2n) is 6.15. The van der Waals surface area contributed by atoms with Crippen molar-refractivity contribution in [2.24, 2.45) is 0 Å². The molecule has 0 aliphatic rings. The zero-order valence-electron chi connectivity index (χ0n) is 13.2. The van der Waals surface area contributed by atoms with Crippen LogP contribution in [0, 0.1) is 0 Å². The van der Waals surface area contributed by atoms with E-state index in [4.69, 9.17) is 0 Å². The predicted molar refractivity (Wildman–Crippen MR) is 96.3 cm³/mol. The van der Waals surface area contributed by atoms with Gasteiger partial charge in [0.25, 0.3) is 5.91 Å². The molecule has 0 unspecified atom stereocenters. The molecule has 0 aliphatic carbocycles. The second kappa shape index (κ2) is 6.22. The molecule has 3 aromatic heterocycles. The van der Waals surface area contributed by atoms with Gasteiger partial charge in [0.15, 0.2) is 5.13 Å². The Morgan fingerprint density at radius 2 is 2.04 bits per heavy atom. The first-order valence-electron chi connectivity index (χ1n) is 7.21. The Bertz CT molecular complexity index is 816. The van der Waals surface area contributed by atoms with Crippen LogP contribution in [-0.4, -0.2) is 15.9 Å². The minimum absolute atomic E-state index is 0.0180. The van der Waals surface area contributed by atoms with Gasteiger partial charge < -0.3 is 0 Å². The lowest BCUT2D eigenvalue weighted by Gasteiger charge is -2.14. The van der Waals surface area contributed by atoms with Crippen molar-refractivity contribution < 1.29 is 4.79 Å². The van der Waals surface area contributed by atoms with Gasteiger partial charge in [-0.1, -0.05) is 26.8 Å². The number of aromatic nitrogens is 2. The van der Waals surface area contributed by atoms with E-state index < -0.39 is 0 Å². The molecule has 0 saturated carbocycles. The average molecular weight is 343 g/mol. The summed E-state index contributed by atoms with van der Waals surface area (Å²) in [4.78, 5) is 22.7. The number of thiazole rings is 1. The van der Waals surface area contributed by atoms with Gasteiger partial charge in [0.1, 0.15) is 0 Å². The third-order valence-electron chi connectivity index (χ3n) is 3.27. The Morgan fingerprint density at radius 3 is 2.70 bits per heavy atom. The molecule has 118 valence electrons. The average Bonchev–Trinajstić information content (AvgIpc) is 3.16. The van der Waals surface area contributed by atoms with E-state index in [2.05, 4.69) is 36.1 Å². The summed E-state index contributed by atoms with van der Waals surface area (Å²) in [5, 5.41) is 5.51. The number of hydrogen-bond acceptors (Lipinski definition) is 5. The lowest BCUT2D eigenvalue weighted by Crippen LogP contribution is -2.13. The smallest absolute Gasteiger partial charge is 0.267 e. The lowest BCUT2D eigenvalue weighted by molar-refractivity contribution is 0.103. The highest BCUT2D eigenvalue weighted by Gasteiger charge is 2.19. The molecular weight excluding hydrogens is 326 g/mol. The summed E-state index contributed by atoms with van der Waals surface area (Å²) in [6.07, 6.45) is 3.53. The number of anilines is 1. The zero-order chi connectivity index (χ0) is 16.4. The van der Waals surface area contributed by atoms with Crippen LogP contribution < -0.4 is 5.32 Å². The predicted octanol–water partition coefficient (Wildman–Crippen LogP) is 4.82. The van der Waals surface area contributed by atoms with Crippen molar-refractivity contribution >= 4 is 33.7 Å². The van der Waals surface area contributed by atoms with E-state index in [1.807, 2.05) is 29.6 Å².